The highest BCUT2D eigenvalue weighted by atomic mass is 35.5. The first-order chi connectivity index (χ1) is 8.33. The first-order valence-electron chi connectivity index (χ1n) is 6.48. The highest BCUT2D eigenvalue weighted by Crippen LogP contribution is 2.22. The van der Waals surface area contributed by atoms with Gasteiger partial charge in [-0.2, -0.15) is 0 Å². The van der Waals surface area contributed by atoms with Crippen molar-refractivity contribution >= 4 is 17.5 Å². The molecule has 4 nitrogen and oxygen atoms in total. The zero-order chi connectivity index (χ0) is 12.1. The van der Waals surface area contributed by atoms with E-state index in [1.165, 1.54) is 0 Å². The van der Waals surface area contributed by atoms with Crippen molar-refractivity contribution in [3.63, 3.8) is 0 Å². The van der Waals surface area contributed by atoms with Crippen LogP contribution >= 0.6 is 11.6 Å². The number of hydrogen-bond donors (Lipinski definition) is 1. The van der Waals surface area contributed by atoms with Crippen LogP contribution in [0, 0.1) is 0 Å². The lowest BCUT2D eigenvalue weighted by Crippen LogP contribution is -2.53. The van der Waals surface area contributed by atoms with Gasteiger partial charge in [0.1, 0.15) is 5.88 Å². The number of nitrogens with one attached hydrogen (secondary N) is 1. The van der Waals surface area contributed by atoms with Gasteiger partial charge in [0, 0.05) is 25.3 Å². The monoisotopic (exact) mass is 260 g/mol. The van der Waals surface area contributed by atoms with Gasteiger partial charge in [-0.15, -0.1) is 11.6 Å². The van der Waals surface area contributed by atoms with Gasteiger partial charge in [-0.3, -0.25) is 4.79 Å². The number of piperidine rings is 1. The van der Waals surface area contributed by atoms with Crippen molar-refractivity contribution in [2.24, 2.45) is 0 Å². The predicted molar refractivity (Wildman–Crippen MR) is 67.3 cm³/mol. The van der Waals surface area contributed by atoms with Gasteiger partial charge in [-0.05, 0) is 38.8 Å². The van der Waals surface area contributed by atoms with Crippen LogP contribution in [0.5, 0.6) is 0 Å². The van der Waals surface area contributed by atoms with Gasteiger partial charge in [0.05, 0.1) is 0 Å². The van der Waals surface area contributed by atoms with Crippen LogP contribution in [0.2, 0.25) is 0 Å². The fraction of sp³-hybridized carbons (Fsp3) is 0.917. The summed E-state index contributed by atoms with van der Waals surface area (Å²) in [5.74, 6) is 0.187. The molecule has 0 spiro atoms. The SMILES string of the molecule is O=C(CCl)N(C1CCNCC1)C1CCOCC1. The van der Waals surface area contributed by atoms with Crippen LogP contribution in [0.3, 0.4) is 0 Å². The summed E-state index contributed by atoms with van der Waals surface area (Å²) < 4.78 is 5.37. The number of ether oxygens (including phenoxy) is 1. The largest absolute Gasteiger partial charge is 0.381 e. The quantitative estimate of drug-likeness (QED) is 0.770. The first-order valence-corrected chi connectivity index (χ1v) is 7.02. The van der Waals surface area contributed by atoms with Crippen LogP contribution in [0.15, 0.2) is 0 Å². The molecular weight excluding hydrogens is 240 g/mol. The van der Waals surface area contributed by atoms with E-state index in [0.29, 0.717) is 12.1 Å². The summed E-state index contributed by atoms with van der Waals surface area (Å²) in [5.41, 5.74) is 0. The van der Waals surface area contributed by atoms with E-state index in [4.69, 9.17) is 16.3 Å². The molecule has 2 fully saturated rings. The molecule has 98 valence electrons. The highest BCUT2D eigenvalue weighted by molar-refractivity contribution is 6.27. The number of halogens is 1. The molecule has 0 aromatic heterocycles. The number of carbonyl (C=O) groups is 1. The van der Waals surface area contributed by atoms with Crippen molar-refractivity contribution in [3.8, 4) is 0 Å². The molecule has 1 amide bonds. The van der Waals surface area contributed by atoms with Gasteiger partial charge in [0.25, 0.3) is 0 Å². The van der Waals surface area contributed by atoms with Crippen LogP contribution in [0.25, 0.3) is 0 Å². The van der Waals surface area contributed by atoms with E-state index in [9.17, 15) is 4.79 Å². The standard InChI is InChI=1S/C12H21ClN2O2/c13-9-12(16)15(10-1-5-14-6-2-10)11-3-7-17-8-4-11/h10-11,14H,1-9H2. The fourth-order valence-corrected chi connectivity index (χ4v) is 2.96. The topological polar surface area (TPSA) is 41.6 Å². The number of nitrogens with zero attached hydrogens (tertiary/aromatic N) is 1. The third kappa shape index (κ3) is 3.33. The molecule has 0 radical (unpaired) electrons. The third-order valence-electron chi connectivity index (χ3n) is 3.69. The Labute approximate surface area is 108 Å². The molecule has 2 rings (SSSR count). The van der Waals surface area contributed by atoms with Crippen molar-refractivity contribution in [1.82, 2.24) is 10.2 Å². The molecular formula is C12H21ClN2O2. The molecule has 1 N–H and O–H groups in total. The Morgan fingerprint density at radius 1 is 1.18 bits per heavy atom. The smallest absolute Gasteiger partial charge is 0.237 e. The highest BCUT2D eigenvalue weighted by Gasteiger charge is 2.31. The van der Waals surface area contributed by atoms with Gasteiger partial charge >= 0.3 is 0 Å². The minimum atomic E-state index is 0.0884. The van der Waals surface area contributed by atoms with Gasteiger partial charge in [-0.25, -0.2) is 0 Å². The van der Waals surface area contributed by atoms with Crippen LogP contribution in [-0.2, 0) is 9.53 Å². The zero-order valence-corrected chi connectivity index (χ0v) is 10.9. The Hall–Kier alpha value is -0.320. The summed E-state index contributed by atoms with van der Waals surface area (Å²) in [6.07, 6.45) is 3.99. The van der Waals surface area contributed by atoms with Crippen LogP contribution in [0.1, 0.15) is 25.7 Å². The van der Waals surface area contributed by atoms with E-state index in [1.807, 2.05) is 0 Å². The summed E-state index contributed by atoms with van der Waals surface area (Å²) in [5, 5.41) is 3.33. The maximum absolute atomic E-state index is 12.0. The number of rotatable bonds is 3. The van der Waals surface area contributed by atoms with E-state index in [1.54, 1.807) is 0 Å². The Bertz CT molecular complexity index is 233. The third-order valence-corrected chi connectivity index (χ3v) is 3.92. The van der Waals surface area contributed by atoms with Gasteiger partial charge < -0.3 is 15.0 Å². The molecule has 0 unspecified atom stereocenters. The molecule has 2 saturated heterocycles. The Kier molecular flexibility index (Phi) is 5.07. The lowest BCUT2D eigenvalue weighted by molar-refractivity contribution is -0.136. The molecule has 0 saturated carbocycles. The summed E-state index contributed by atoms with van der Waals surface area (Å²) in [6, 6.07) is 0.698. The average molecular weight is 261 g/mol. The second-order valence-electron chi connectivity index (χ2n) is 4.76. The molecule has 0 aromatic rings. The van der Waals surface area contributed by atoms with Crippen molar-refractivity contribution in [2.45, 2.75) is 37.8 Å². The van der Waals surface area contributed by atoms with Crippen LogP contribution in [0.4, 0.5) is 0 Å². The molecule has 5 heteroatoms. The van der Waals surface area contributed by atoms with Gasteiger partial charge in [0.2, 0.25) is 5.91 Å². The van der Waals surface area contributed by atoms with Crippen LogP contribution in [-0.4, -0.2) is 55.1 Å². The normalized spacial score (nSPS) is 23.6. The zero-order valence-electron chi connectivity index (χ0n) is 10.2. The van der Waals surface area contributed by atoms with Crippen molar-refractivity contribution < 1.29 is 9.53 Å². The average Bonchev–Trinajstić information content (AvgIpc) is 2.41. The first kappa shape index (κ1) is 13.1. The predicted octanol–water partition coefficient (Wildman–Crippen LogP) is 0.985. The fourth-order valence-electron chi connectivity index (χ4n) is 2.82. The van der Waals surface area contributed by atoms with E-state index < -0.39 is 0 Å². The van der Waals surface area contributed by atoms with Crippen molar-refractivity contribution in [2.75, 3.05) is 32.2 Å². The molecule has 0 aromatic carbocycles. The number of hydrogen-bond acceptors (Lipinski definition) is 3. The molecule has 0 bridgehead atoms. The van der Waals surface area contributed by atoms with E-state index >= 15 is 0 Å². The Morgan fingerprint density at radius 3 is 2.35 bits per heavy atom. The van der Waals surface area contributed by atoms with Gasteiger partial charge in [0.15, 0.2) is 0 Å². The van der Waals surface area contributed by atoms with Gasteiger partial charge in [-0.1, -0.05) is 0 Å². The molecule has 2 aliphatic rings. The minimum absolute atomic E-state index is 0.0884. The molecule has 2 aliphatic heterocycles. The molecule has 17 heavy (non-hydrogen) atoms. The van der Waals surface area contributed by atoms with E-state index in [2.05, 4.69) is 10.2 Å². The van der Waals surface area contributed by atoms with E-state index in [-0.39, 0.29) is 11.8 Å². The molecule has 2 heterocycles. The molecule has 0 aliphatic carbocycles. The summed E-state index contributed by atoms with van der Waals surface area (Å²) in [4.78, 5) is 14.1. The van der Waals surface area contributed by atoms with Crippen molar-refractivity contribution in [3.05, 3.63) is 0 Å². The second kappa shape index (κ2) is 6.57. The number of alkyl halides is 1. The summed E-state index contributed by atoms with van der Waals surface area (Å²) in [7, 11) is 0. The second-order valence-corrected chi connectivity index (χ2v) is 5.03. The Balaban J connectivity index is 2.02. The maximum atomic E-state index is 12.0. The molecule has 0 atom stereocenters. The summed E-state index contributed by atoms with van der Waals surface area (Å²) >= 11 is 5.75. The Morgan fingerprint density at radius 2 is 1.76 bits per heavy atom. The number of amides is 1. The van der Waals surface area contributed by atoms with Crippen molar-refractivity contribution in [1.29, 1.82) is 0 Å². The lowest BCUT2D eigenvalue weighted by atomic mass is 9.99. The summed E-state index contributed by atoms with van der Waals surface area (Å²) in [6.45, 7) is 3.53. The lowest BCUT2D eigenvalue weighted by Gasteiger charge is -2.41. The maximum Gasteiger partial charge on any atom is 0.237 e. The van der Waals surface area contributed by atoms with E-state index in [0.717, 1.165) is 52.0 Å². The van der Waals surface area contributed by atoms with Crippen LogP contribution < -0.4 is 5.32 Å². The number of carbonyl (C=O) groups excluding carboxylic acids is 1. The minimum Gasteiger partial charge on any atom is -0.381 e.